The van der Waals surface area contributed by atoms with Crippen LogP contribution in [0.25, 0.3) is 0 Å². The van der Waals surface area contributed by atoms with Gasteiger partial charge in [0.1, 0.15) is 36.5 Å². The molecule has 293 valence electrons. The van der Waals surface area contributed by atoms with Crippen LogP contribution < -0.4 is 9.80 Å². The summed E-state index contributed by atoms with van der Waals surface area (Å²) in [4.78, 5) is 30.8. The number of hydrogen-bond donors (Lipinski definition) is 1. The van der Waals surface area contributed by atoms with Crippen molar-refractivity contribution in [3.63, 3.8) is 0 Å². The summed E-state index contributed by atoms with van der Waals surface area (Å²) in [6, 6.07) is 24.5. The van der Waals surface area contributed by atoms with Gasteiger partial charge in [0, 0.05) is 64.5 Å². The molecule has 2 amide bonds. The predicted molar refractivity (Wildman–Crippen MR) is 215 cm³/mol. The topological polar surface area (TPSA) is 77.9 Å². The number of hydrogen-bond acceptors (Lipinski definition) is 8. The van der Waals surface area contributed by atoms with Gasteiger partial charge in [0.05, 0.1) is 21.2 Å². The van der Waals surface area contributed by atoms with Gasteiger partial charge in [0.15, 0.2) is 0 Å². The Balaban J connectivity index is 0.000000259. The van der Waals surface area contributed by atoms with Crippen molar-refractivity contribution in [2.75, 3.05) is 67.5 Å². The van der Waals surface area contributed by atoms with E-state index in [0.29, 0.717) is 52.4 Å². The summed E-state index contributed by atoms with van der Waals surface area (Å²) in [5, 5.41) is 0.194. The zero-order chi connectivity index (χ0) is 40.2. The number of carbonyl (C=O) groups is 2. The number of piperazine rings is 2. The van der Waals surface area contributed by atoms with E-state index in [-0.39, 0.29) is 34.4 Å². The second kappa shape index (κ2) is 24.5. The monoisotopic (exact) mass is 884 g/mol. The van der Waals surface area contributed by atoms with Crippen molar-refractivity contribution in [1.29, 1.82) is 0 Å². The van der Waals surface area contributed by atoms with Crippen LogP contribution in [0.3, 0.4) is 0 Å². The molecule has 0 aromatic heterocycles. The predicted octanol–water partition coefficient (Wildman–Crippen LogP) is 9.21. The SMILES string of the molecule is ClCCl.O=C(OCc1ccccc1)N1CCN(c2cc(F)c(Br)cc2F)CC1.O=C(OCc1ccccc1)N1CCN(c2cc(F)ccc2F)CC1.[B]=NS. The fraction of sp³-hybridized carbons (Fsp3) is 0.297. The molecule has 2 aliphatic heterocycles. The minimum absolute atomic E-state index is 0.0943. The Hall–Kier alpha value is -3.99. The summed E-state index contributed by atoms with van der Waals surface area (Å²) < 4.78 is 68.2. The number of rotatable bonds is 6. The Kier molecular flexibility index (Phi) is 20.2. The third-order valence-corrected chi connectivity index (χ3v) is 8.67. The van der Waals surface area contributed by atoms with Gasteiger partial charge < -0.3 is 29.1 Å². The minimum atomic E-state index is -0.513. The fourth-order valence-corrected chi connectivity index (χ4v) is 5.68. The molecule has 0 spiro atoms. The van der Waals surface area contributed by atoms with Gasteiger partial charge in [-0.1, -0.05) is 60.7 Å². The van der Waals surface area contributed by atoms with Crippen LogP contribution in [0.5, 0.6) is 0 Å². The standard InChI is InChI=1S/C18H17BrF2N2O2.C18H18F2N2O2.CH2Cl2.BHNS/c19-14-10-16(21)17(11-15(14)20)22-6-8-23(9-7-22)18(24)25-12-13-4-2-1-3-5-13;19-15-6-7-16(20)17(12-15)21-8-10-22(11-9-21)18(23)24-13-14-4-2-1-3-5-14;2-1-3;1-2-3/h1-5,10-11H,6-9,12H2;1-7,12H,8-11,13H2;1H2;3H. The number of anilines is 2. The third kappa shape index (κ3) is 15.2. The third-order valence-electron chi connectivity index (χ3n) is 8.07. The first-order chi connectivity index (χ1) is 26.5. The average molecular weight is 886 g/mol. The number of halogens is 7. The second-order valence-electron chi connectivity index (χ2n) is 11.6. The summed E-state index contributed by atoms with van der Waals surface area (Å²) in [5.74, 6) is -1.94. The molecule has 0 N–H and O–H groups in total. The van der Waals surface area contributed by atoms with Gasteiger partial charge in [-0.25, -0.2) is 27.2 Å². The van der Waals surface area contributed by atoms with E-state index in [2.05, 4.69) is 40.7 Å². The van der Waals surface area contributed by atoms with Crippen LogP contribution in [0.1, 0.15) is 11.1 Å². The molecule has 6 rings (SSSR count). The molecule has 55 heavy (non-hydrogen) atoms. The molecule has 0 bridgehead atoms. The van der Waals surface area contributed by atoms with E-state index in [1.54, 1.807) is 19.6 Å². The van der Waals surface area contributed by atoms with E-state index >= 15 is 0 Å². The number of ether oxygens (including phenoxy) is 2. The first kappa shape index (κ1) is 45.4. The van der Waals surface area contributed by atoms with Crippen LogP contribution in [-0.4, -0.2) is 87.3 Å². The van der Waals surface area contributed by atoms with Gasteiger partial charge in [-0.2, -0.15) is 0 Å². The van der Waals surface area contributed by atoms with Crippen molar-refractivity contribution in [2.45, 2.75) is 13.2 Å². The number of nitrogens with zero attached hydrogens (tertiary/aromatic N) is 5. The number of carbonyl (C=O) groups excluding carboxylic acids is 2. The second-order valence-corrected chi connectivity index (χ2v) is 13.5. The number of amides is 2. The van der Waals surface area contributed by atoms with Crippen molar-refractivity contribution in [1.82, 2.24) is 9.80 Å². The van der Waals surface area contributed by atoms with Gasteiger partial charge >= 0.3 is 36.9 Å². The molecule has 0 atom stereocenters. The summed E-state index contributed by atoms with van der Waals surface area (Å²) in [5.41, 5.74) is 2.28. The molecule has 2 fully saturated rings. The first-order valence-corrected chi connectivity index (χ1v) is 18.9. The number of thiol groups is 1. The molecule has 9 nitrogen and oxygen atoms in total. The molecule has 4 aromatic carbocycles. The van der Waals surface area contributed by atoms with Crippen LogP contribution in [0.15, 0.2) is 99.8 Å². The van der Waals surface area contributed by atoms with E-state index in [1.807, 2.05) is 60.7 Å². The van der Waals surface area contributed by atoms with Crippen molar-refractivity contribution in [3.05, 3.63) is 130 Å². The molecule has 2 heterocycles. The van der Waals surface area contributed by atoms with Crippen molar-refractivity contribution < 1.29 is 36.6 Å². The first-order valence-electron chi connectivity index (χ1n) is 16.7. The molecule has 0 aliphatic carbocycles. The van der Waals surface area contributed by atoms with E-state index in [1.165, 1.54) is 12.1 Å². The van der Waals surface area contributed by atoms with Crippen LogP contribution >= 0.6 is 51.9 Å². The Morgan fingerprint density at radius 2 is 1.05 bits per heavy atom. The summed E-state index contributed by atoms with van der Waals surface area (Å²) in [6.45, 7) is 3.73. The summed E-state index contributed by atoms with van der Waals surface area (Å²) in [6.07, 6.45) is -0.788. The van der Waals surface area contributed by atoms with E-state index in [9.17, 15) is 27.2 Å². The van der Waals surface area contributed by atoms with Crippen molar-refractivity contribution in [2.24, 2.45) is 4.30 Å². The maximum atomic E-state index is 14.0. The van der Waals surface area contributed by atoms with Crippen LogP contribution in [0.4, 0.5) is 38.5 Å². The normalized spacial score (nSPS) is 13.5. The zero-order valence-corrected chi connectivity index (χ0v) is 33.5. The Bertz CT molecular complexity index is 1800. The molecule has 18 heteroatoms. The molecule has 1 radical (unpaired) electrons. The molecular weight excluding hydrogens is 848 g/mol. The zero-order valence-electron chi connectivity index (χ0n) is 29.5. The molecule has 4 aromatic rings. The van der Waals surface area contributed by atoms with Gasteiger partial charge in [0.25, 0.3) is 0 Å². The fourth-order valence-electron chi connectivity index (χ4n) is 5.36. The van der Waals surface area contributed by atoms with Gasteiger partial charge in [0.2, 0.25) is 0 Å². The Morgan fingerprint density at radius 1 is 0.655 bits per heavy atom. The summed E-state index contributed by atoms with van der Waals surface area (Å²) in [7, 11) is 4.34. The van der Waals surface area contributed by atoms with E-state index < -0.39 is 35.5 Å². The van der Waals surface area contributed by atoms with E-state index in [0.717, 1.165) is 29.3 Å². The number of benzene rings is 4. The molecule has 2 saturated heterocycles. The quantitative estimate of drug-likeness (QED) is 0.0685. The van der Waals surface area contributed by atoms with Crippen LogP contribution in [0.2, 0.25) is 0 Å². The Labute approximate surface area is 342 Å². The maximum absolute atomic E-state index is 14.0. The van der Waals surface area contributed by atoms with Crippen molar-refractivity contribution in [3.8, 4) is 0 Å². The summed E-state index contributed by atoms with van der Waals surface area (Å²) >= 11 is 15.7. The van der Waals surface area contributed by atoms with Crippen molar-refractivity contribution >= 4 is 83.1 Å². The average Bonchev–Trinajstić information content (AvgIpc) is 3.20. The van der Waals surface area contributed by atoms with E-state index in [4.69, 9.17) is 32.7 Å². The van der Waals surface area contributed by atoms with Crippen LogP contribution in [0, 0.1) is 23.3 Å². The van der Waals surface area contributed by atoms with Crippen LogP contribution in [-0.2, 0) is 22.7 Å². The molecule has 2 aliphatic rings. The molecule has 0 saturated carbocycles. The van der Waals surface area contributed by atoms with Gasteiger partial charge in [-0.05, 0) is 45.3 Å². The number of alkyl halides is 2. The van der Waals surface area contributed by atoms with Gasteiger partial charge in [-0.3, -0.25) is 0 Å². The molecular formula is C37H38BBrCl2F4N5O4S. The van der Waals surface area contributed by atoms with Gasteiger partial charge in [-0.15, -0.1) is 23.2 Å². The Morgan fingerprint density at radius 3 is 1.47 bits per heavy atom. The molecule has 0 unspecified atom stereocenters.